The molecule has 0 aromatic carbocycles. The van der Waals surface area contributed by atoms with Crippen molar-refractivity contribution in [3.63, 3.8) is 0 Å². The van der Waals surface area contributed by atoms with Crippen LogP contribution < -0.4 is 10.6 Å². The van der Waals surface area contributed by atoms with Crippen LogP contribution in [0.4, 0.5) is 13.2 Å². The highest BCUT2D eigenvalue weighted by molar-refractivity contribution is 5.80. The third-order valence-corrected chi connectivity index (χ3v) is 3.68. The van der Waals surface area contributed by atoms with E-state index >= 15 is 0 Å². The van der Waals surface area contributed by atoms with E-state index in [0.717, 1.165) is 5.69 Å². The number of alkyl halides is 3. The lowest BCUT2D eigenvalue weighted by molar-refractivity contribution is -0.143. The standard InChI is InChI=1S/C14H23F3N6/c1-3-18-13(19-8-12-4-6-20-22(12)2)21-11-5-7-23(9-11)10-14(15,16)17/h4,6,11H,3,5,7-10H2,1-2H3,(H2,18,19,21). The van der Waals surface area contributed by atoms with Crippen LogP contribution in [-0.2, 0) is 13.6 Å². The van der Waals surface area contributed by atoms with E-state index in [1.807, 2.05) is 20.0 Å². The quantitative estimate of drug-likeness (QED) is 0.627. The van der Waals surface area contributed by atoms with Crippen LogP contribution in [-0.4, -0.2) is 59.0 Å². The number of hydrogen-bond acceptors (Lipinski definition) is 3. The number of likely N-dealkylation sites (tertiary alicyclic amines) is 1. The lowest BCUT2D eigenvalue weighted by Crippen LogP contribution is -2.45. The zero-order chi connectivity index (χ0) is 16.9. The van der Waals surface area contributed by atoms with Gasteiger partial charge in [0.15, 0.2) is 5.96 Å². The van der Waals surface area contributed by atoms with Crippen molar-refractivity contribution in [3.8, 4) is 0 Å². The number of hydrogen-bond donors (Lipinski definition) is 2. The van der Waals surface area contributed by atoms with Gasteiger partial charge in [-0.05, 0) is 19.4 Å². The number of aliphatic imine (C=N–C) groups is 1. The number of aromatic nitrogens is 2. The molecule has 2 heterocycles. The van der Waals surface area contributed by atoms with Gasteiger partial charge in [-0.1, -0.05) is 0 Å². The summed E-state index contributed by atoms with van der Waals surface area (Å²) in [6.07, 6.45) is -1.77. The Bertz CT molecular complexity index is 525. The molecule has 1 aliphatic rings. The minimum Gasteiger partial charge on any atom is -0.357 e. The molecule has 1 aromatic heterocycles. The molecule has 1 atom stereocenters. The molecule has 1 aliphatic heterocycles. The summed E-state index contributed by atoms with van der Waals surface area (Å²) in [5.41, 5.74) is 0.965. The predicted molar refractivity (Wildman–Crippen MR) is 82.1 cm³/mol. The topological polar surface area (TPSA) is 57.5 Å². The second-order valence-corrected chi connectivity index (χ2v) is 5.62. The fraction of sp³-hybridized carbons (Fsp3) is 0.714. The highest BCUT2D eigenvalue weighted by Crippen LogP contribution is 2.19. The van der Waals surface area contributed by atoms with Crippen molar-refractivity contribution in [1.29, 1.82) is 0 Å². The summed E-state index contributed by atoms with van der Waals surface area (Å²) in [6, 6.07) is 1.86. The Kier molecular flexibility index (Phi) is 5.86. The highest BCUT2D eigenvalue weighted by Gasteiger charge is 2.34. The average molecular weight is 332 g/mol. The van der Waals surface area contributed by atoms with Gasteiger partial charge >= 0.3 is 6.18 Å². The van der Waals surface area contributed by atoms with Crippen LogP contribution in [0.15, 0.2) is 17.3 Å². The molecule has 2 N–H and O–H groups in total. The first-order chi connectivity index (χ1) is 10.9. The van der Waals surface area contributed by atoms with Gasteiger partial charge in [0.1, 0.15) is 0 Å². The summed E-state index contributed by atoms with van der Waals surface area (Å²) in [5.74, 6) is 0.618. The second-order valence-electron chi connectivity index (χ2n) is 5.62. The SMILES string of the molecule is CCNC(=NCc1ccnn1C)NC1CCN(CC(F)(F)F)C1. The van der Waals surface area contributed by atoms with Gasteiger partial charge in [0.05, 0.1) is 18.8 Å². The normalized spacial score (nSPS) is 20.0. The van der Waals surface area contributed by atoms with Crippen molar-refractivity contribution in [2.75, 3.05) is 26.2 Å². The van der Waals surface area contributed by atoms with E-state index < -0.39 is 12.7 Å². The van der Waals surface area contributed by atoms with Gasteiger partial charge in [-0.3, -0.25) is 9.58 Å². The monoisotopic (exact) mass is 332 g/mol. The molecule has 6 nitrogen and oxygen atoms in total. The molecule has 0 radical (unpaired) electrons. The zero-order valence-corrected chi connectivity index (χ0v) is 13.4. The first-order valence-electron chi connectivity index (χ1n) is 7.68. The van der Waals surface area contributed by atoms with Crippen molar-refractivity contribution in [3.05, 3.63) is 18.0 Å². The van der Waals surface area contributed by atoms with Crippen molar-refractivity contribution < 1.29 is 13.2 Å². The number of halogens is 3. The molecule has 1 unspecified atom stereocenters. The summed E-state index contributed by atoms with van der Waals surface area (Å²) in [4.78, 5) is 5.89. The van der Waals surface area contributed by atoms with Gasteiger partial charge in [0.25, 0.3) is 0 Å². The molecule has 0 saturated carbocycles. The summed E-state index contributed by atoms with van der Waals surface area (Å²) in [5, 5.41) is 10.4. The molecular weight excluding hydrogens is 309 g/mol. The van der Waals surface area contributed by atoms with E-state index in [9.17, 15) is 13.2 Å². The molecule has 9 heteroatoms. The molecule has 2 rings (SSSR count). The summed E-state index contributed by atoms with van der Waals surface area (Å²) < 4.78 is 39.0. The van der Waals surface area contributed by atoms with Crippen LogP contribution in [0.3, 0.4) is 0 Å². The van der Waals surface area contributed by atoms with Gasteiger partial charge < -0.3 is 10.6 Å². The third-order valence-electron chi connectivity index (χ3n) is 3.68. The van der Waals surface area contributed by atoms with E-state index in [1.165, 1.54) is 4.90 Å². The largest absolute Gasteiger partial charge is 0.401 e. The predicted octanol–water partition coefficient (Wildman–Crippen LogP) is 1.11. The van der Waals surface area contributed by atoms with Crippen LogP contribution in [0.5, 0.6) is 0 Å². The molecule has 0 amide bonds. The first-order valence-corrected chi connectivity index (χ1v) is 7.68. The Balaban J connectivity index is 1.88. The van der Waals surface area contributed by atoms with Gasteiger partial charge in [-0.15, -0.1) is 0 Å². The fourth-order valence-corrected chi connectivity index (χ4v) is 2.58. The summed E-state index contributed by atoms with van der Waals surface area (Å²) >= 11 is 0. The van der Waals surface area contributed by atoms with Crippen LogP contribution in [0.1, 0.15) is 19.0 Å². The Morgan fingerprint density at radius 2 is 2.26 bits per heavy atom. The molecular formula is C14H23F3N6. The minimum atomic E-state index is -4.15. The molecule has 0 spiro atoms. The van der Waals surface area contributed by atoms with E-state index in [4.69, 9.17) is 0 Å². The van der Waals surface area contributed by atoms with Crippen molar-refractivity contribution in [2.24, 2.45) is 12.0 Å². The Hall–Kier alpha value is -1.77. The van der Waals surface area contributed by atoms with Gasteiger partial charge in [0.2, 0.25) is 0 Å². The van der Waals surface area contributed by atoms with Crippen LogP contribution in [0.25, 0.3) is 0 Å². The van der Waals surface area contributed by atoms with Crippen molar-refractivity contribution in [1.82, 2.24) is 25.3 Å². The lowest BCUT2D eigenvalue weighted by atomic mass is 10.3. The first kappa shape index (κ1) is 17.6. The van der Waals surface area contributed by atoms with Crippen molar-refractivity contribution >= 4 is 5.96 Å². The Morgan fingerprint density at radius 3 is 2.87 bits per heavy atom. The molecule has 23 heavy (non-hydrogen) atoms. The minimum absolute atomic E-state index is 0.0262. The number of nitrogens with zero attached hydrogens (tertiary/aromatic N) is 4. The molecule has 0 aliphatic carbocycles. The number of aryl methyl sites for hydroxylation is 1. The Morgan fingerprint density at radius 1 is 1.48 bits per heavy atom. The van der Waals surface area contributed by atoms with E-state index in [0.29, 0.717) is 38.6 Å². The summed E-state index contributed by atoms with van der Waals surface area (Å²) in [6.45, 7) is 3.06. The van der Waals surface area contributed by atoms with Gasteiger partial charge in [0, 0.05) is 38.9 Å². The van der Waals surface area contributed by atoms with Crippen LogP contribution in [0, 0.1) is 0 Å². The molecule has 1 fully saturated rings. The summed E-state index contributed by atoms with van der Waals surface area (Å²) in [7, 11) is 1.84. The molecule has 130 valence electrons. The van der Waals surface area contributed by atoms with Gasteiger partial charge in [-0.25, -0.2) is 4.99 Å². The highest BCUT2D eigenvalue weighted by atomic mass is 19.4. The average Bonchev–Trinajstić information content (AvgIpc) is 3.04. The lowest BCUT2D eigenvalue weighted by Gasteiger charge is -2.19. The van der Waals surface area contributed by atoms with Crippen molar-refractivity contribution in [2.45, 2.75) is 32.1 Å². The fourth-order valence-electron chi connectivity index (χ4n) is 2.58. The maximum atomic E-state index is 12.4. The van der Waals surface area contributed by atoms with Crippen LogP contribution in [0.2, 0.25) is 0 Å². The number of rotatable bonds is 5. The maximum absolute atomic E-state index is 12.4. The molecule has 1 saturated heterocycles. The Labute approximate surface area is 133 Å². The molecule has 0 bridgehead atoms. The van der Waals surface area contributed by atoms with E-state index in [1.54, 1.807) is 10.9 Å². The number of guanidine groups is 1. The van der Waals surface area contributed by atoms with E-state index in [-0.39, 0.29) is 6.04 Å². The smallest absolute Gasteiger partial charge is 0.357 e. The second kappa shape index (κ2) is 7.67. The third kappa shape index (κ3) is 5.74. The van der Waals surface area contributed by atoms with Gasteiger partial charge in [-0.2, -0.15) is 18.3 Å². The molecule has 1 aromatic rings. The zero-order valence-electron chi connectivity index (χ0n) is 13.4. The maximum Gasteiger partial charge on any atom is 0.401 e. The van der Waals surface area contributed by atoms with E-state index in [2.05, 4.69) is 20.7 Å². The number of nitrogens with one attached hydrogen (secondary N) is 2. The van der Waals surface area contributed by atoms with Crippen LogP contribution >= 0.6 is 0 Å².